The third-order valence-corrected chi connectivity index (χ3v) is 5.02. The average Bonchev–Trinajstić information content (AvgIpc) is 3.12. The summed E-state index contributed by atoms with van der Waals surface area (Å²) in [6.45, 7) is 0. The van der Waals surface area contributed by atoms with Crippen molar-refractivity contribution in [1.29, 1.82) is 0 Å². The summed E-state index contributed by atoms with van der Waals surface area (Å²) in [6, 6.07) is 20.4. The lowest BCUT2D eigenvalue weighted by atomic mass is 10.1. The number of hydrogen-bond acceptors (Lipinski definition) is 4. The molecule has 0 aliphatic rings. The molecule has 0 unspecified atom stereocenters. The fourth-order valence-corrected chi connectivity index (χ4v) is 3.57. The van der Waals surface area contributed by atoms with Crippen LogP contribution in [-0.4, -0.2) is 21.7 Å². The first-order valence-electron chi connectivity index (χ1n) is 7.99. The fraction of sp³-hybridized carbons (Fsp3) is 0.100. The Labute approximate surface area is 150 Å². The number of ether oxygens (including phenoxy) is 1. The van der Waals surface area contributed by atoms with Crippen molar-refractivity contribution in [3.8, 4) is 17.0 Å². The molecule has 124 valence electrons. The van der Waals surface area contributed by atoms with Gasteiger partial charge in [-0.05, 0) is 35.9 Å². The topological polar surface area (TPSA) is 39.4 Å². The van der Waals surface area contributed by atoms with E-state index in [9.17, 15) is 0 Å². The summed E-state index contributed by atoms with van der Waals surface area (Å²) in [6.07, 6.45) is 3.68. The van der Waals surface area contributed by atoms with Crippen molar-refractivity contribution in [3.05, 3.63) is 78.6 Å². The van der Waals surface area contributed by atoms with Crippen LogP contribution in [0.25, 0.3) is 16.8 Å². The summed E-state index contributed by atoms with van der Waals surface area (Å²) in [5, 5.41) is 5.66. The van der Waals surface area contributed by atoms with Gasteiger partial charge in [-0.3, -0.25) is 0 Å². The third-order valence-electron chi connectivity index (χ3n) is 3.96. The number of nitrogens with zero attached hydrogens (tertiary/aromatic N) is 3. The standard InChI is InChI=1S/C20H17N3OS/c1-24-17-9-7-16(8-10-17)18-13-19-20(21-11-12-23(19)22-18)25-14-15-5-3-2-4-6-15/h2-13H,14H2,1H3. The molecule has 0 radical (unpaired) electrons. The van der Waals surface area contributed by atoms with Gasteiger partial charge in [-0.25, -0.2) is 9.50 Å². The highest BCUT2D eigenvalue weighted by Gasteiger charge is 2.10. The first-order chi connectivity index (χ1) is 12.3. The zero-order chi connectivity index (χ0) is 17.1. The van der Waals surface area contributed by atoms with Gasteiger partial charge in [0.15, 0.2) is 0 Å². The van der Waals surface area contributed by atoms with Crippen LogP contribution in [-0.2, 0) is 5.75 Å². The van der Waals surface area contributed by atoms with Crippen LogP contribution in [0, 0.1) is 0 Å². The summed E-state index contributed by atoms with van der Waals surface area (Å²) in [5.74, 6) is 1.73. The molecule has 0 aliphatic heterocycles. The molecule has 0 aliphatic carbocycles. The minimum Gasteiger partial charge on any atom is -0.497 e. The van der Waals surface area contributed by atoms with E-state index in [0.29, 0.717) is 0 Å². The van der Waals surface area contributed by atoms with Gasteiger partial charge in [-0.2, -0.15) is 5.10 Å². The van der Waals surface area contributed by atoms with Crippen LogP contribution in [0.15, 0.2) is 78.1 Å². The van der Waals surface area contributed by atoms with Crippen LogP contribution in [0.3, 0.4) is 0 Å². The zero-order valence-electron chi connectivity index (χ0n) is 13.8. The van der Waals surface area contributed by atoms with Crippen molar-refractivity contribution < 1.29 is 4.74 Å². The predicted octanol–water partition coefficient (Wildman–Crippen LogP) is 4.70. The molecular formula is C20H17N3OS. The lowest BCUT2D eigenvalue weighted by Crippen LogP contribution is -1.91. The van der Waals surface area contributed by atoms with Gasteiger partial charge in [-0.1, -0.05) is 42.1 Å². The molecule has 25 heavy (non-hydrogen) atoms. The van der Waals surface area contributed by atoms with E-state index >= 15 is 0 Å². The maximum atomic E-state index is 5.22. The van der Waals surface area contributed by atoms with E-state index in [1.54, 1.807) is 25.1 Å². The molecule has 0 fully saturated rings. The molecule has 0 bridgehead atoms. The SMILES string of the molecule is COc1ccc(-c2cc3c(SCc4ccccc4)nccn3n2)cc1. The van der Waals surface area contributed by atoms with E-state index in [-0.39, 0.29) is 0 Å². The number of benzene rings is 2. The molecule has 0 saturated carbocycles. The van der Waals surface area contributed by atoms with Gasteiger partial charge in [0, 0.05) is 23.7 Å². The van der Waals surface area contributed by atoms with Gasteiger partial charge in [0.05, 0.1) is 18.3 Å². The zero-order valence-corrected chi connectivity index (χ0v) is 14.6. The number of fused-ring (bicyclic) bond motifs is 1. The molecule has 5 heteroatoms. The summed E-state index contributed by atoms with van der Waals surface area (Å²) in [5.41, 5.74) is 4.29. The van der Waals surface area contributed by atoms with Crippen molar-refractivity contribution in [3.63, 3.8) is 0 Å². The van der Waals surface area contributed by atoms with E-state index in [1.807, 2.05) is 41.0 Å². The van der Waals surface area contributed by atoms with Gasteiger partial charge >= 0.3 is 0 Å². The second kappa shape index (κ2) is 6.99. The van der Waals surface area contributed by atoms with E-state index in [2.05, 4.69) is 40.4 Å². The maximum absolute atomic E-state index is 5.22. The van der Waals surface area contributed by atoms with Crippen LogP contribution in [0.4, 0.5) is 0 Å². The minimum absolute atomic E-state index is 0.841. The van der Waals surface area contributed by atoms with Gasteiger partial charge in [-0.15, -0.1) is 0 Å². The summed E-state index contributed by atoms with van der Waals surface area (Å²) in [4.78, 5) is 4.54. The third kappa shape index (κ3) is 3.37. The quantitative estimate of drug-likeness (QED) is 0.491. The first-order valence-corrected chi connectivity index (χ1v) is 8.97. The summed E-state index contributed by atoms with van der Waals surface area (Å²) in [7, 11) is 1.67. The fourth-order valence-electron chi connectivity index (χ4n) is 2.64. The van der Waals surface area contributed by atoms with Crippen LogP contribution in [0.1, 0.15) is 5.56 Å². The molecule has 2 heterocycles. The molecule has 0 N–H and O–H groups in total. The number of rotatable bonds is 5. The number of thioether (sulfide) groups is 1. The molecule has 4 aromatic rings. The molecule has 0 saturated heterocycles. The highest BCUT2D eigenvalue weighted by Crippen LogP contribution is 2.28. The molecule has 0 atom stereocenters. The van der Waals surface area contributed by atoms with Gasteiger partial charge < -0.3 is 4.74 Å². The molecule has 2 aromatic carbocycles. The van der Waals surface area contributed by atoms with Crippen LogP contribution in [0.2, 0.25) is 0 Å². The molecular weight excluding hydrogens is 330 g/mol. The van der Waals surface area contributed by atoms with Gasteiger partial charge in [0.1, 0.15) is 10.8 Å². The Morgan fingerprint density at radius 2 is 1.84 bits per heavy atom. The molecule has 0 amide bonds. The Morgan fingerprint density at radius 1 is 1.04 bits per heavy atom. The molecule has 4 nitrogen and oxygen atoms in total. The lowest BCUT2D eigenvalue weighted by Gasteiger charge is -2.02. The first kappa shape index (κ1) is 15.7. The van der Waals surface area contributed by atoms with Crippen molar-refractivity contribution in [2.24, 2.45) is 0 Å². The Balaban J connectivity index is 1.63. The maximum Gasteiger partial charge on any atom is 0.122 e. The highest BCUT2D eigenvalue weighted by atomic mass is 32.2. The van der Waals surface area contributed by atoms with Crippen molar-refractivity contribution in [2.45, 2.75) is 10.8 Å². The van der Waals surface area contributed by atoms with Crippen LogP contribution >= 0.6 is 11.8 Å². The van der Waals surface area contributed by atoms with Gasteiger partial charge in [0.25, 0.3) is 0 Å². The molecule has 0 spiro atoms. The minimum atomic E-state index is 0.841. The summed E-state index contributed by atoms with van der Waals surface area (Å²) < 4.78 is 7.11. The van der Waals surface area contributed by atoms with Crippen molar-refractivity contribution >= 4 is 17.3 Å². The largest absolute Gasteiger partial charge is 0.497 e. The number of methoxy groups -OCH3 is 1. The van der Waals surface area contributed by atoms with Crippen LogP contribution in [0.5, 0.6) is 5.75 Å². The second-order valence-electron chi connectivity index (χ2n) is 5.59. The Kier molecular flexibility index (Phi) is 4.39. The van der Waals surface area contributed by atoms with Crippen LogP contribution < -0.4 is 4.74 Å². The van der Waals surface area contributed by atoms with E-state index in [1.165, 1.54) is 5.56 Å². The van der Waals surface area contributed by atoms with E-state index in [0.717, 1.165) is 33.3 Å². The normalized spacial score (nSPS) is 10.9. The Hall–Kier alpha value is -2.79. The Morgan fingerprint density at radius 3 is 2.60 bits per heavy atom. The predicted molar refractivity (Wildman–Crippen MR) is 101 cm³/mol. The number of aromatic nitrogens is 3. The summed E-state index contributed by atoms with van der Waals surface area (Å²) >= 11 is 1.73. The smallest absolute Gasteiger partial charge is 0.122 e. The highest BCUT2D eigenvalue weighted by molar-refractivity contribution is 7.98. The van der Waals surface area contributed by atoms with Crippen molar-refractivity contribution in [2.75, 3.05) is 7.11 Å². The Bertz CT molecular complexity index is 981. The second-order valence-corrected chi connectivity index (χ2v) is 6.56. The van der Waals surface area contributed by atoms with Crippen molar-refractivity contribution in [1.82, 2.24) is 14.6 Å². The monoisotopic (exact) mass is 347 g/mol. The van der Waals surface area contributed by atoms with Gasteiger partial charge in [0.2, 0.25) is 0 Å². The molecule has 2 aromatic heterocycles. The lowest BCUT2D eigenvalue weighted by molar-refractivity contribution is 0.415. The van der Waals surface area contributed by atoms with E-state index in [4.69, 9.17) is 4.74 Å². The average molecular weight is 347 g/mol. The number of hydrogen-bond donors (Lipinski definition) is 0. The van der Waals surface area contributed by atoms with E-state index < -0.39 is 0 Å². The molecule has 4 rings (SSSR count).